The zero-order valence-electron chi connectivity index (χ0n) is 10.7. The Kier molecular flexibility index (Phi) is 4.61. The molecule has 5 heteroatoms. The van der Waals surface area contributed by atoms with Crippen molar-refractivity contribution in [2.45, 2.75) is 26.2 Å². The predicted octanol–water partition coefficient (Wildman–Crippen LogP) is 5.09. The molecule has 0 aliphatic heterocycles. The topological polar surface area (TPSA) is 35.0 Å². The van der Waals surface area contributed by atoms with Crippen LogP contribution in [0.1, 0.15) is 31.7 Å². The van der Waals surface area contributed by atoms with Crippen LogP contribution in [0.2, 0.25) is 10.3 Å². The van der Waals surface area contributed by atoms with Crippen molar-refractivity contribution in [3.63, 3.8) is 0 Å². The highest BCUT2D eigenvalue weighted by atomic mass is 35.5. The molecule has 1 unspecified atom stereocenters. The first-order chi connectivity index (χ1) is 9.10. The molecule has 0 aliphatic rings. The third kappa shape index (κ3) is 3.58. The van der Waals surface area contributed by atoms with Crippen molar-refractivity contribution < 1.29 is 4.74 Å². The fraction of sp³-hybridized carbons (Fsp3) is 0.286. The molecule has 1 atom stereocenters. The highest BCUT2D eigenvalue weighted by molar-refractivity contribution is 6.32. The molecule has 1 heterocycles. The number of nitrogens with zero attached hydrogens (tertiary/aromatic N) is 2. The van der Waals surface area contributed by atoms with Gasteiger partial charge in [-0.15, -0.1) is 10.2 Å². The van der Waals surface area contributed by atoms with E-state index in [9.17, 15) is 0 Å². The summed E-state index contributed by atoms with van der Waals surface area (Å²) in [5.41, 5.74) is 1.28. The average molecular weight is 297 g/mol. The number of hydrogen-bond acceptors (Lipinski definition) is 3. The molecule has 0 spiro atoms. The van der Waals surface area contributed by atoms with Crippen molar-refractivity contribution in [3.05, 3.63) is 46.2 Å². The lowest BCUT2D eigenvalue weighted by molar-refractivity contribution is 0.478. The molecular weight excluding hydrogens is 283 g/mol. The van der Waals surface area contributed by atoms with Gasteiger partial charge in [0.15, 0.2) is 16.1 Å². The average Bonchev–Trinajstić information content (AvgIpc) is 2.43. The SMILES string of the molecule is CCC(C)c1ccc(Oc2cc(Cl)nnc2Cl)cc1. The van der Waals surface area contributed by atoms with Gasteiger partial charge in [0.1, 0.15) is 5.75 Å². The van der Waals surface area contributed by atoms with E-state index >= 15 is 0 Å². The number of hydrogen-bond donors (Lipinski definition) is 0. The summed E-state index contributed by atoms with van der Waals surface area (Å²) in [5, 5.41) is 7.76. The maximum Gasteiger partial charge on any atom is 0.194 e. The van der Waals surface area contributed by atoms with Crippen LogP contribution in [0.25, 0.3) is 0 Å². The Morgan fingerprint density at radius 2 is 1.84 bits per heavy atom. The van der Waals surface area contributed by atoms with Gasteiger partial charge in [0.25, 0.3) is 0 Å². The van der Waals surface area contributed by atoms with Gasteiger partial charge < -0.3 is 4.74 Å². The monoisotopic (exact) mass is 296 g/mol. The molecule has 1 aromatic heterocycles. The van der Waals surface area contributed by atoms with E-state index in [0.717, 1.165) is 6.42 Å². The molecule has 0 fully saturated rings. The van der Waals surface area contributed by atoms with E-state index in [1.165, 1.54) is 5.56 Å². The molecule has 0 bridgehead atoms. The highest BCUT2D eigenvalue weighted by Gasteiger charge is 2.08. The van der Waals surface area contributed by atoms with Gasteiger partial charge in [0, 0.05) is 6.07 Å². The van der Waals surface area contributed by atoms with Crippen LogP contribution in [0.5, 0.6) is 11.5 Å². The van der Waals surface area contributed by atoms with Crippen molar-refractivity contribution >= 4 is 23.2 Å². The molecule has 0 radical (unpaired) electrons. The fourth-order valence-corrected chi connectivity index (χ4v) is 1.90. The van der Waals surface area contributed by atoms with Gasteiger partial charge in [0.2, 0.25) is 0 Å². The molecule has 2 aromatic rings. The molecule has 0 aliphatic carbocycles. The van der Waals surface area contributed by atoms with E-state index in [1.807, 2.05) is 24.3 Å². The first-order valence-electron chi connectivity index (χ1n) is 6.06. The van der Waals surface area contributed by atoms with Crippen LogP contribution >= 0.6 is 23.2 Å². The van der Waals surface area contributed by atoms with Crippen molar-refractivity contribution in [2.24, 2.45) is 0 Å². The van der Waals surface area contributed by atoms with Gasteiger partial charge in [-0.25, -0.2) is 0 Å². The van der Waals surface area contributed by atoms with E-state index in [0.29, 0.717) is 17.4 Å². The van der Waals surface area contributed by atoms with Crippen LogP contribution < -0.4 is 4.74 Å². The first kappa shape index (κ1) is 14.1. The second-order valence-corrected chi connectivity index (χ2v) is 5.05. The van der Waals surface area contributed by atoms with Crippen LogP contribution in [0.3, 0.4) is 0 Å². The highest BCUT2D eigenvalue weighted by Crippen LogP contribution is 2.30. The number of benzene rings is 1. The maximum absolute atomic E-state index is 5.89. The van der Waals surface area contributed by atoms with E-state index < -0.39 is 0 Å². The molecule has 2 rings (SSSR count). The zero-order valence-corrected chi connectivity index (χ0v) is 12.2. The lowest BCUT2D eigenvalue weighted by atomic mass is 9.99. The molecular formula is C14H14Cl2N2O. The van der Waals surface area contributed by atoms with Gasteiger partial charge in [-0.3, -0.25) is 0 Å². The summed E-state index contributed by atoms with van der Waals surface area (Å²) < 4.78 is 5.64. The summed E-state index contributed by atoms with van der Waals surface area (Å²) in [4.78, 5) is 0. The van der Waals surface area contributed by atoms with Gasteiger partial charge in [0.05, 0.1) is 0 Å². The van der Waals surface area contributed by atoms with Crippen molar-refractivity contribution in [1.29, 1.82) is 0 Å². The zero-order chi connectivity index (χ0) is 13.8. The third-order valence-electron chi connectivity index (χ3n) is 2.98. The maximum atomic E-state index is 5.89. The van der Waals surface area contributed by atoms with Crippen LogP contribution in [0.15, 0.2) is 30.3 Å². The standard InChI is InChI=1S/C14H14Cl2N2O/c1-3-9(2)10-4-6-11(7-5-10)19-12-8-13(15)17-18-14(12)16/h4-9H,3H2,1-2H3. The van der Waals surface area contributed by atoms with E-state index in [1.54, 1.807) is 6.07 Å². The quantitative estimate of drug-likeness (QED) is 0.788. The van der Waals surface area contributed by atoms with E-state index in [4.69, 9.17) is 27.9 Å². The molecule has 19 heavy (non-hydrogen) atoms. The minimum atomic E-state index is 0.190. The summed E-state index contributed by atoms with van der Waals surface area (Å²) in [6.07, 6.45) is 1.11. The summed E-state index contributed by atoms with van der Waals surface area (Å²) >= 11 is 11.6. The first-order valence-corrected chi connectivity index (χ1v) is 6.82. The minimum absolute atomic E-state index is 0.190. The normalized spacial score (nSPS) is 12.2. The van der Waals surface area contributed by atoms with Crippen molar-refractivity contribution in [2.75, 3.05) is 0 Å². The predicted molar refractivity (Wildman–Crippen MR) is 77.3 cm³/mol. The summed E-state index contributed by atoms with van der Waals surface area (Å²) in [7, 11) is 0. The van der Waals surface area contributed by atoms with Gasteiger partial charge in [-0.05, 0) is 30.0 Å². The Labute approximate surface area is 122 Å². The van der Waals surface area contributed by atoms with E-state index in [2.05, 4.69) is 24.0 Å². The second-order valence-electron chi connectivity index (χ2n) is 4.30. The Balaban J connectivity index is 2.17. The molecule has 1 aromatic carbocycles. The molecule has 0 saturated heterocycles. The lowest BCUT2D eigenvalue weighted by Gasteiger charge is -2.11. The Morgan fingerprint density at radius 3 is 2.47 bits per heavy atom. The number of aromatic nitrogens is 2. The Hall–Kier alpha value is -1.32. The number of rotatable bonds is 4. The van der Waals surface area contributed by atoms with Crippen LogP contribution in [-0.4, -0.2) is 10.2 Å². The third-order valence-corrected chi connectivity index (χ3v) is 3.42. The molecule has 100 valence electrons. The number of ether oxygens (including phenoxy) is 1. The van der Waals surface area contributed by atoms with Crippen LogP contribution in [0, 0.1) is 0 Å². The van der Waals surface area contributed by atoms with Gasteiger partial charge in [-0.2, -0.15) is 0 Å². The summed E-state index contributed by atoms with van der Waals surface area (Å²) in [6, 6.07) is 9.46. The second kappa shape index (κ2) is 6.22. The molecule has 0 N–H and O–H groups in total. The number of halogens is 2. The molecule has 0 amide bonds. The Morgan fingerprint density at radius 1 is 1.16 bits per heavy atom. The fourth-order valence-electron chi connectivity index (χ4n) is 1.64. The summed E-state index contributed by atoms with van der Waals surface area (Å²) in [6.45, 7) is 4.36. The van der Waals surface area contributed by atoms with Crippen LogP contribution in [0.4, 0.5) is 0 Å². The lowest BCUT2D eigenvalue weighted by Crippen LogP contribution is -1.93. The minimum Gasteiger partial charge on any atom is -0.454 e. The Bertz CT molecular complexity index is 558. The van der Waals surface area contributed by atoms with Crippen molar-refractivity contribution in [3.8, 4) is 11.5 Å². The van der Waals surface area contributed by atoms with Crippen LogP contribution in [-0.2, 0) is 0 Å². The largest absolute Gasteiger partial charge is 0.454 e. The summed E-state index contributed by atoms with van der Waals surface area (Å²) in [5.74, 6) is 1.63. The smallest absolute Gasteiger partial charge is 0.194 e. The molecule has 3 nitrogen and oxygen atoms in total. The van der Waals surface area contributed by atoms with Crippen molar-refractivity contribution in [1.82, 2.24) is 10.2 Å². The van der Waals surface area contributed by atoms with E-state index in [-0.39, 0.29) is 10.3 Å². The van der Waals surface area contributed by atoms with Gasteiger partial charge in [-0.1, -0.05) is 49.2 Å². The molecule has 0 saturated carbocycles. The van der Waals surface area contributed by atoms with Gasteiger partial charge >= 0.3 is 0 Å².